The lowest BCUT2D eigenvalue weighted by atomic mass is 10.3. The van der Waals surface area contributed by atoms with Crippen LogP contribution in [0.3, 0.4) is 0 Å². The third-order valence-electron chi connectivity index (χ3n) is 4.07. The molecule has 0 bridgehead atoms. The van der Waals surface area contributed by atoms with Crippen LogP contribution in [0, 0.1) is 10.1 Å². The summed E-state index contributed by atoms with van der Waals surface area (Å²) in [7, 11) is 0. The molecule has 0 spiro atoms. The van der Waals surface area contributed by atoms with E-state index in [0.29, 0.717) is 28.3 Å². The number of non-ortho nitro benzene ring substituents is 1. The van der Waals surface area contributed by atoms with Crippen molar-refractivity contribution in [3.63, 3.8) is 0 Å². The van der Waals surface area contributed by atoms with Crippen LogP contribution in [0.15, 0.2) is 85.5 Å². The Hall–Kier alpha value is -3.33. The molecule has 0 saturated heterocycles. The van der Waals surface area contributed by atoms with Crippen LogP contribution in [0.25, 0.3) is 11.8 Å². The van der Waals surface area contributed by atoms with Gasteiger partial charge in [-0.25, -0.2) is 4.57 Å². The number of nitro groups is 1. The largest absolute Gasteiger partial charge is 1.00 e. The number of halogens is 3. The number of rotatable bonds is 5. The summed E-state index contributed by atoms with van der Waals surface area (Å²) < 4.78 is 3.56. The van der Waals surface area contributed by atoms with Gasteiger partial charge in [0.25, 0.3) is 5.69 Å². The number of pyridine rings is 2. The van der Waals surface area contributed by atoms with E-state index in [0.717, 1.165) is 0 Å². The van der Waals surface area contributed by atoms with E-state index in [1.165, 1.54) is 12.1 Å². The van der Waals surface area contributed by atoms with Gasteiger partial charge in [-0.05, 0) is 41.4 Å². The van der Waals surface area contributed by atoms with Gasteiger partial charge >= 0.3 is 11.8 Å². The van der Waals surface area contributed by atoms with Crippen molar-refractivity contribution in [2.24, 2.45) is 0 Å². The van der Waals surface area contributed by atoms with Gasteiger partial charge in [0.05, 0.1) is 29.7 Å². The van der Waals surface area contributed by atoms with Gasteiger partial charge in [-0.2, -0.15) is 4.57 Å². The quantitative estimate of drug-likeness (QED) is 0.193. The molecule has 0 aliphatic carbocycles. The van der Waals surface area contributed by atoms with Crippen LogP contribution in [0.5, 0.6) is 0 Å². The summed E-state index contributed by atoms with van der Waals surface area (Å²) in [6.07, 6.45) is 7.34. The number of anilines is 2. The molecule has 3 heterocycles. The first kappa shape index (κ1) is 23.9. The van der Waals surface area contributed by atoms with Crippen molar-refractivity contribution in [3.8, 4) is 11.8 Å². The molecule has 3 aromatic heterocycles. The first-order chi connectivity index (χ1) is 14.1. The Bertz CT molecular complexity index is 1160. The zero-order chi connectivity index (χ0) is 20.2. The van der Waals surface area contributed by atoms with E-state index >= 15 is 0 Å². The van der Waals surface area contributed by atoms with E-state index < -0.39 is 4.92 Å². The molecule has 0 aliphatic rings. The van der Waals surface area contributed by atoms with E-state index in [2.05, 4.69) is 15.3 Å². The van der Waals surface area contributed by atoms with Crippen LogP contribution in [-0.4, -0.2) is 14.9 Å². The summed E-state index contributed by atoms with van der Waals surface area (Å²) in [6.45, 7) is 0. The fourth-order valence-electron chi connectivity index (χ4n) is 2.67. The fraction of sp³-hybridized carbons (Fsp3) is 0. The summed E-state index contributed by atoms with van der Waals surface area (Å²) in [5.41, 5.74) is 0.620. The molecular weight excluding hydrogens is 463 g/mol. The van der Waals surface area contributed by atoms with Gasteiger partial charge in [-0.1, -0.05) is 23.7 Å². The minimum absolute atomic E-state index is 0. The van der Waals surface area contributed by atoms with Gasteiger partial charge < -0.3 is 30.1 Å². The standard InChI is InChI=1S/C20H15ClN6O2.2ClH/c21-17-18(22-15-7-9-16(10-8-15)27(28)29)23-20(26-13-5-2-6-14-26)24-19(17)25-11-3-1-4-12-25;;/h1-14H,(H,22,23,24);2*1H/q+2;;/p-2. The molecule has 0 aliphatic heterocycles. The molecule has 0 radical (unpaired) electrons. The molecule has 0 atom stereocenters. The Kier molecular flexibility index (Phi) is 8.21. The monoisotopic (exact) mass is 476 g/mol. The number of nitro benzene ring substituents is 1. The molecule has 8 nitrogen and oxygen atoms in total. The summed E-state index contributed by atoms with van der Waals surface area (Å²) in [6, 6.07) is 17.3. The van der Waals surface area contributed by atoms with Crippen molar-refractivity contribution in [3.05, 3.63) is 101 Å². The lowest BCUT2D eigenvalue weighted by Gasteiger charge is -2.06. The maximum Gasteiger partial charge on any atom is 0.479 e. The lowest BCUT2D eigenvalue weighted by Crippen LogP contribution is -3.00. The molecule has 0 amide bonds. The SMILES string of the molecule is O=[N+]([O-])c1ccc(Nc2nc(-[n+]3ccccc3)nc(-[n+]3ccccc3)c2Cl)cc1.[Cl-].[Cl-]. The molecule has 4 aromatic rings. The highest BCUT2D eigenvalue weighted by molar-refractivity contribution is 6.34. The predicted molar refractivity (Wildman–Crippen MR) is 106 cm³/mol. The topological polar surface area (TPSA) is 88.7 Å². The van der Waals surface area contributed by atoms with Gasteiger partial charge in [-0.15, -0.1) is 0 Å². The molecular formula is C20H15Cl3N6O2. The maximum atomic E-state index is 10.9. The predicted octanol–water partition coefficient (Wildman–Crippen LogP) is -2.66. The zero-order valence-electron chi connectivity index (χ0n) is 15.8. The van der Waals surface area contributed by atoms with Crippen LogP contribution in [0.4, 0.5) is 17.2 Å². The van der Waals surface area contributed by atoms with Crippen molar-refractivity contribution in [1.29, 1.82) is 0 Å². The number of hydrogen-bond acceptors (Lipinski definition) is 5. The summed E-state index contributed by atoms with van der Waals surface area (Å²) in [5.74, 6) is 1.30. The van der Waals surface area contributed by atoms with Crippen molar-refractivity contribution >= 4 is 28.8 Å². The molecule has 1 N–H and O–H groups in total. The molecule has 0 fully saturated rings. The highest BCUT2D eigenvalue weighted by Gasteiger charge is 2.27. The number of hydrogen-bond donors (Lipinski definition) is 1. The molecule has 0 unspecified atom stereocenters. The van der Waals surface area contributed by atoms with E-state index in [4.69, 9.17) is 11.6 Å². The average Bonchev–Trinajstić information content (AvgIpc) is 2.77. The maximum absolute atomic E-state index is 10.9. The van der Waals surface area contributed by atoms with Gasteiger partial charge in [0, 0.05) is 22.8 Å². The third kappa shape index (κ3) is 5.43. The molecule has 31 heavy (non-hydrogen) atoms. The molecule has 4 rings (SSSR count). The van der Waals surface area contributed by atoms with E-state index in [1.54, 1.807) is 21.3 Å². The Labute approximate surface area is 195 Å². The lowest BCUT2D eigenvalue weighted by molar-refractivity contribution is -0.614. The Morgan fingerprint density at radius 2 is 1.39 bits per heavy atom. The van der Waals surface area contributed by atoms with Crippen molar-refractivity contribution in [2.75, 3.05) is 5.32 Å². The number of nitrogens with one attached hydrogen (secondary N) is 1. The van der Waals surface area contributed by atoms with Crippen LogP contribution in [0.2, 0.25) is 5.02 Å². The second kappa shape index (κ2) is 10.6. The normalized spacial score (nSPS) is 9.84. The smallest absolute Gasteiger partial charge is 0.479 e. The minimum Gasteiger partial charge on any atom is -1.00 e. The van der Waals surface area contributed by atoms with E-state index in [1.807, 2.05) is 61.2 Å². The molecule has 158 valence electrons. The first-order valence-corrected chi connectivity index (χ1v) is 9.02. The first-order valence-electron chi connectivity index (χ1n) is 8.64. The highest BCUT2D eigenvalue weighted by atomic mass is 35.5. The highest BCUT2D eigenvalue weighted by Crippen LogP contribution is 2.27. The third-order valence-corrected chi connectivity index (χ3v) is 4.42. The van der Waals surface area contributed by atoms with E-state index in [9.17, 15) is 10.1 Å². The average molecular weight is 478 g/mol. The molecule has 0 saturated carbocycles. The van der Waals surface area contributed by atoms with Crippen molar-refractivity contribution in [1.82, 2.24) is 9.97 Å². The Morgan fingerprint density at radius 3 is 1.94 bits per heavy atom. The summed E-state index contributed by atoms with van der Waals surface area (Å²) >= 11 is 6.61. The fourth-order valence-corrected chi connectivity index (χ4v) is 2.90. The summed E-state index contributed by atoms with van der Waals surface area (Å²) in [5, 5.41) is 14.3. The Balaban J connectivity index is 0.00000171. The zero-order valence-corrected chi connectivity index (χ0v) is 18.0. The van der Waals surface area contributed by atoms with Gasteiger partial charge in [0.15, 0.2) is 5.02 Å². The second-order valence-electron chi connectivity index (χ2n) is 6.00. The van der Waals surface area contributed by atoms with Crippen LogP contribution >= 0.6 is 11.6 Å². The van der Waals surface area contributed by atoms with Gasteiger partial charge in [-0.3, -0.25) is 10.1 Å². The van der Waals surface area contributed by atoms with Crippen LogP contribution in [-0.2, 0) is 0 Å². The van der Waals surface area contributed by atoms with Crippen LogP contribution in [0.1, 0.15) is 0 Å². The minimum atomic E-state index is -0.449. The van der Waals surface area contributed by atoms with Crippen molar-refractivity contribution in [2.45, 2.75) is 0 Å². The van der Waals surface area contributed by atoms with Crippen molar-refractivity contribution < 1.29 is 38.9 Å². The molecule has 11 heteroatoms. The molecule has 1 aromatic carbocycles. The Morgan fingerprint density at radius 1 is 0.839 bits per heavy atom. The number of aromatic nitrogens is 4. The number of nitrogens with zero attached hydrogens (tertiary/aromatic N) is 5. The number of benzene rings is 1. The van der Waals surface area contributed by atoms with Crippen LogP contribution < -0.4 is 39.3 Å². The van der Waals surface area contributed by atoms with E-state index in [-0.39, 0.29) is 30.5 Å². The van der Waals surface area contributed by atoms with Gasteiger partial charge in [0.2, 0.25) is 5.82 Å². The summed E-state index contributed by atoms with van der Waals surface area (Å²) in [4.78, 5) is 19.6. The second-order valence-corrected chi connectivity index (χ2v) is 6.38. The van der Waals surface area contributed by atoms with Gasteiger partial charge in [0.1, 0.15) is 0 Å².